The van der Waals surface area contributed by atoms with E-state index in [9.17, 15) is 0 Å². The van der Waals surface area contributed by atoms with Crippen molar-refractivity contribution >= 4 is 23.4 Å². The molecule has 106 valence electrons. The topological polar surface area (TPSA) is 29.3 Å². The van der Waals surface area contributed by atoms with Crippen LogP contribution in [0.3, 0.4) is 0 Å². The zero-order chi connectivity index (χ0) is 14.0. The van der Waals surface area contributed by atoms with Gasteiger partial charge in [-0.05, 0) is 44.0 Å². The lowest BCUT2D eigenvalue weighted by Gasteiger charge is -2.42. The highest BCUT2D eigenvalue weighted by atomic mass is 35.5. The Kier molecular flexibility index (Phi) is 4.83. The second kappa shape index (κ2) is 6.04. The third-order valence-electron chi connectivity index (χ3n) is 3.71. The van der Waals surface area contributed by atoms with Crippen molar-refractivity contribution in [2.24, 2.45) is 5.73 Å². The van der Waals surface area contributed by atoms with Crippen LogP contribution in [0, 0.1) is 6.92 Å². The molecule has 1 saturated heterocycles. The molecule has 1 fully saturated rings. The van der Waals surface area contributed by atoms with Crippen LogP contribution in [0.25, 0.3) is 0 Å². The number of hydrogen-bond donors (Lipinski definition) is 1. The zero-order valence-corrected chi connectivity index (χ0v) is 13.5. The van der Waals surface area contributed by atoms with E-state index in [0.29, 0.717) is 17.3 Å². The largest absolute Gasteiger partial charge is 0.329 e. The van der Waals surface area contributed by atoms with E-state index in [1.165, 1.54) is 16.9 Å². The van der Waals surface area contributed by atoms with Gasteiger partial charge >= 0.3 is 0 Å². The van der Waals surface area contributed by atoms with Crippen molar-refractivity contribution in [1.29, 1.82) is 0 Å². The van der Waals surface area contributed by atoms with E-state index in [1.54, 1.807) is 0 Å². The Morgan fingerprint density at radius 3 is 2.79 bits per heavy atom. The van der Waals surface area contributed by atoms with Gasteiger partial charge < -0.3 is 5.73 Å². The molecule has 4 heteroatoms. The summed E-state index contributed by atoms with van der Waals surface area (Å²) in [5.41, 5.74) is 8.60. The maximum atomic E-state index is 6.05. The highest BCUT2D eigenvalue weighted by Gasteiger charge is 2.31. The molecule has 1 aromatic rings. The van der Waals surface area contributed by atoms with Crippen molar-refractivity contribution < 1.29 is 0 Å². The van der Waals surface area contributed by atoms with Crippen LogP contribution >= 0.6 is 23.4 Å². The predicted molar refractivity (Wildman–Crippen MR) is 86.1 cm³/mol. The number of benzene rings is 1. The summed E-state index contributed by atoms with van der Waals surface area (Å²) in [4.78, 5) is 2.52. The zero-order valence-electron chi connectivity index (χ0n) is 11.9. The molecule has 0 aromatic heterocycles. The van der Waals surface area contributed by atoms with Crippen molar-refractivity contribution in [1.82, 2.24) is 4.90 Å². The molecule has 1 aliphatic heterocycles. The fraction of sp³-hybridized carbons (Fsp3) is 0.600. The third-order valence-corrected chi connectivity index (χ3v) is 5.24. The van der Waals surface area contributed by atoms with Crippen molar-refractivity contribution in [2.75, 3.05) is 25.4 Å². The number of rotatable bonds is 3. The van der Waals surface area contributed by atoms with E-state index >= 15 is 0 Å². The minimum Gasteiger partial charge on any atom is -0.329 e. The highest BCUT2D eigenvalue weighted by molar-refractivity contribution is 8.00. The molecule has 1 aromatic carbocycles. The van der Waals surface area contributed by atoms with Crippen LogP contribution in [0.15, 0.2) is 18.2 Å². The van der Waals surface area contributed by atoms with Gasteiger partial charge in [0.1, 0.15) is 0 Å². The highest BCUT2D eigenvalue weighted by Crippen LogP contribution is 2.34. The van der Waals surface area contributed by atoms with Crippen LogP contribution in [-0.2, 0) is 0 Å². The number of nitrogens with two attached hydrogens (primary N) is 1. The SMILES string of the molecule is Cc1cc(Cl)ccc1C(CN)N1CCSC(C)(C)C1. The van der Waals surface area contributed by atoms with E-state index < -0.39 is 0 Å². The van der Waals surface area contributed by atoms with Gasteiger partial charge in [0.05, 0.1) is 0 Å². The van der Waals surface area contributed by atoms with Gasteiger partial charge in [0.25, 0.3) is 0 Å². The number of thioether (sulfide) groups is 1. The smallest absolute Gasteiger partial charge is 0.0474 e. The van der Waals surface area contributed by atoms with Gasteiger partial charge in [-0.15, -0.1) is 0 Å². The molecule has 0 spiro atoms. The molecule has 0 bridgehead atoms. The van der Waals surface area contributed by atoms with Crippen molar-refractivity contribution in [3.8, 4) is 0 Å². The van der Waals surface area contributed by atoms with Crippen LogP contribution < -0.4 is 5.73 Å². The Labute approximate surface area is 125 Å². The average Bonchev–Trinajstić information content (AvgIpc) is 2.31. The Balaban J connectivity index is 2.24. The van der Waals surface area contributed by atoms with E-state index in [4.69, 9.17) is 17.3 Å². The average molecular weight is 299 g/mol. The first-order chi connectivity index (χ1) is 8.93. The maximum Gasteiger partial charge on any atom is 0.0474 e. The normalized spacial score (nSPS) is 21.3. The van der Waals surface area contributed by atoms with E-state index in [0.717, 1.165) is 18.1 Å². The molecule has 0 amide bonds. The monoisotopic (exact) mass is 298 g/mol. The lowest BCUT2D eigenvalue weighted by Crippen LogP contribution is -2.46. The number of aryl methyl sites for hydroxylation is 1. The lowest BCUT2D eigenvalue weighted by atomic mass is 9.98. The molecular weight excluding hydrogens is 276 g/mol. The van der Waals surface area contributed by atoms with Crippen LogP contribution in [-0.4, -0.2) is 35.0 Å². The van der Waals surface area contributed by atoms with Gasteiger partial charge in [0.15, 0.2) is 0 Å². The first-order valence-corrected chi connectivity index (χ1v) is 8.13. The first kappa shape index (κ1) is 15.2. The van der Waals surface area contributed by atoms with Gasteiger partial charge in [0.2, 0.25) is 0 Å². The summed E-state index contributed by atoms with van der Waals surface area (Å²) in [6, 6.07) is 6.43. The molecular formula is C15H23ClN2S. The maximum absolute atomic E-state index is 6.05. The molecule has 0 saturated carbocycles. The van der Waals surface area contributed by atoms with Crippen molar-refractivity contribution in [3.05, 3.63) is 34.3 Å². The first-order valence-electron chi connectivity index (χ1n) is 6.77. The summed E-state index contributed by atoms with van der Waals surface area (Å²) >= 11 is 8.10. The number of nitrogens with zero attached hydrogens (tertiary/aromatic N) is 1. The minimum atomic E-state index is 0.303. The second-order valence-corrected chi connectivity index (χ2v) is 8.07. The molecule has 0 aliphatic carbocycles. The fourth-order valence-corrected chi connectivity index (χ4v) is 4.17. The van der Waals surface area contributed by atoms with E-state index in [2.05, 4.69) is 43.5 Å². The Morgan fingerprint density at radius 1 is 1.47 bits per heavy atom. The van der Waals surface area contributed by atoms with Crippen LogP contribution in [0.5, 0.6) is 0 Å². The van der Waals surface area contributed by atoms with Gasteiger partial charge in [-0.3, -0.25) is 4.90 Å². The number of halogens is 1. The minimum absolute atomic E-state index is 0.303. The summed E-state index contributed by atoms with van der Waals surface area (Å²) in [6.45, 7) is 9.59. The summed E-state index contributed by atoms with van der Waals surface area (Å²) < 4.78 is 0.312. The van der Waals surface area contributed by atoms with Crippen LogP contribution in [0.4, 0.5) is 0 Å². The van der Waals surface area contributed by atoms with Crippen molar-refractivity contribution in [2.45, 2.75) is 31.6 Å². The van der Waals surface area contributed by atoms with Gasteiger partial charge in [-0.25, -0.2) is 0 Å². The molecule has 19 heavy (non-hydrogen) atoms. The molecule has 0 radical (unpaired) electrons. The number of hydrogen-bond acceptors (Lipinski definition) is 3. The summed E-state index contributed by atoms with van der Waals surface area (Å²) in [5, 5.41) is 0.798. The van der Waals surface area contributed by atoms with Crippen LogP contribution in [0.2, 0.25) is 5.02 Å². The lowest BCUT2D eigenvalue weighted by molar-refractivity contribution is 0.192. The molecule has 2 N–H and O–H groups in total. The van der Waals surface area contributed by atoms with Gasteiger partial charge in [0, 0.05) is 41.2 Å². The second-order valence-electron chi connectivity index (χ2n) is 5.83. The summed E-state index contributed by atoms with van der Waals surface area (Å²) in [7, 11) is 0. The molecule has 1 unspecified atom stereocenters. The molecule has 1 atom stereocenters. The third kappa shape index (κ3) is 3.66. The van der Waals surface area contributed by atoms with Gasteiger partial charge in [-0.1, -0.05) is 17.7 Å². The van der Waals surface area contributed by atoms with Gasteiger partial charge in [-0.2, -0.15) is 11.8 Å². The van der Waals surface area contributed by atoms with Crippen LogP contribution in [0.1, 0.15) is 31.0 Å². The fourth-order valence-electron chi connectivity index (χ4n) is 2.80. The molecule has 2 nitrogen and oxygen atoms in total. The molecule has 1 aliphatic rings. The van der Waals surface area contributed by atoms with E-state index in [-0.39, 0.29) is 0 Å². The van der Waals surface area contributed by atoms with Crippen molar-refractivity contribution in [3.63, 3.8) is 0 Å². The quantitative estimate of drug-likeness (QED) is 0.926. The summed E-state index contributed by atoms with van der Waals surface area (Å²) in [6.07, 6.45) is 0. The summed E-state index contributed by atoms with van der Waals surface area (Å²) in [5.74, 6) is 1.18. The standard InChI is InChI=1S/C15H23ClN2S/c1-11-8-12(16)4-5-13(11)14(9-17)18-6-7-19-15(2,3)10-18/h4-5,8,14H,6-7,9-10,17H2,1-3H3. The Hall–Kier alpha value is -0.220. The molecule has 1 heterocycles. The Morgan fingerprint density at radius 2 is 2.21 bits per heavy atom. The molecule has 2 rings (SSSR count). The predicted octanol–water partition coefficient (Wildman–Crippen LogP) is 3.48. The van der Waals surface area contributed by atoms with E-state index in [1.807, 2.05) is 12.1 Å². The Bertz CT molecular complexity index is 448.